The number of pyridine rings is 1. The van der Waals surface area contributed by atoms with Gasteiger partial charge in [-0.2, -0.15) is 0 Å². The molecule has 0 unspecified atom stereocenters. The Hall–Kier alpha value is -1.45. The van der Waals surface area contributed by atoms with Crippen molar-refractivity contribution in [3.8, 4) is 0 Å². The van der Waals surface area contributed by atoms with E-state index in [1.807, 2.05) is 24.3 Å². The van der Waals surface area contributed by atoms with Gasteiger partial charge in [-0.1, -0.05) is 42.3 Å². The van der Waals surface area contributed by atoms with E-state index >= 15 is 0 Å². The van der Waals surface area contributed by atoms with Crippen LogP contribution in [0.1, 0.15) is 18.9 Å². The summed E-state index contributed by atoms with van der Waals surface area (Å²) in [5, 5.41) is 1.11. The van der Waals surface area contributed by atoms with E-state index in [1.165, 1.54) is 5.56 Å². The Bertz CT molecular complexity index is 570. The molecule has 20 heavy (non-hydrogen) atoms. The average molecular weight is 310 g/mol. The monoisotopic (exact) mass is 309 g/mol. The molecule has 3 nitrogen and oxygen atoms in total. The van der Waals surface area contributed by atoms with Crippen LogP contribution in [0.2, 0.25) is 10.0 Å². The van der Waals surface area contributed by atoms with E-state index in [0.29, 0.717) is 10.0 Å². The highest BCUT2D eigenvalue weighted by atomic mass is 35.5. The van der Waals surface area contributed by atoms with Gasteiger partial charge in [0, 0.05) is 25.0 Å². The number of aromatic nitrogens is 1. The fourth-order valence-corrected chi connectivity index (χ4v) is 2.51. The number of anilines is 2. The summed E-state index contributed by atoms with van der Waals surface area (Å²) in [5.41, 5.74) is 7.64. The second kappa shape index (κ2) is 6.82. The fraction of sp³-hybridized carbons (Fsp3) is 0.267. The van der Waals surface area contributed by atoms with Gasteiger partial charge in [0.25, 0.3) is 0 Å². The van der Waals surface area contributed by atoms with Crippen LogP contribution in [0.4, 0.5) is 11.5 Å². The zero-order valence-electron chi connectivity index (χ0n) is 11.3. The smallest absolute Gasteiger partial charge is 0.147 e. The molecule has 0 atom stereocenters. The van der Waals surface area contributed by atoms with Gasteiger partial charge in [0.1, 0.15) is 5.82 Å². The third-order valence-corrected chi connectivity index (χ3v) is 3.42. The molecule has 0 aliphatic rings. The molecule has 0 aliphatic carbocycles. The molecule has 1 aromatic heterocycles. The zero-order valence-corrected chi connectivity index (χ0v) is 12.8. The maximum Gasteiger partial charge on any atom is 0.147 e. The number of nitrogens with zero attached hydrogens (tertiary/aromatic N) is 2. The molecule has 0 amide bonds. The van der Waals surface area contributed by atoms with Gasteiger partial charge in [0.15, 0.2) is 0 Å². The summed E-state index contributed by atoms with van der Waals surface area (Å²) in [6.07, 6.45) is 2.63. The summed E-state index contributed by atoms with van der Waals surface area (Å²) in [5.74, 6) is 0.759. The number of hydrogen-bond donors (Lipinski definition) is 1. The van der Waals surface area contributed by atoms with Crippen molar-refractivity contribution < 1.29 is 0 Å². The Labute approximate surface area is 129 Å². The van der Waals surface area contributed by atoms with E-state index in [0.717, 1.165) is 31.0 Å². The summed E-state index contributed by atoms with van der Waals surface area (Å²) >= 11 is 12.1. The molecule has 0 radical (unpaired) electrons. The minimum atomic E-state index is 0.544. The molecule has 2 rings (SSSR count). The van der Waals surface area contributed by atoms with E-state index in [-0.39, 0.29) is 0 Å². The van der Waals surface area contributed by atoms with E-state index < -0.39 is 0 Å². The standard InChI is InChI=1S/C15H17Cl2N3/c1-2-7-20(10-11-3-5-13(18)6-4-11)15-14(17)8-12(16)9-19-15/h3-6,8-9H,2,7,10,18H2,1H3. The van der Waals surface area contributed by atoms with Crippen LogP contribution in [-0.4, -0.2) is 11.5 Å². The van der Waals surface area contributed by atoms with Gasteiger partial charge >= 0.3 is 0 Å². The minimum absolute atomic E-state index is 0.544. The van der Waals surface area contributed by atoms with Crippen LogP contribution in [0.5, 0.6) is 0 Å². The summed E-state index contributed by atoms with van der Waals surface area (Å²) in [4.78, 5) is 6.49. The normalized spacial score (nSPS) is 10.6. The van der Waals surface area contributed by atoms with Crippen molar-refractivity contribution in [1.29, 1.82) is 0 Å². The van der Waals surface area contributed by atoms with Crippen molar-refractivity contribution in [2.45, 2.75) is 19.9 Å². The quantitative estimate of drug-likeness (QED) is 0.833. The van der Waals surface area contributed by atoms with Gasteiger partial charge in [0.2, 0.25) is 0 Å². The molecule has 2 N–H and O–H groups in total. The Kier molecular flexibility index (Phi) is 5.10. The van der Waals surface area contributed by atoms with Crippen LogP contribution in [-0.2, 0) is 6.54 Å². The highest BCUT2D eigenvalue weighted by molar-refractivity contribution is 6.36. The average Bonchev–Trinajstić information content (AvgIpc) is 2.41. The lowest BCUT2D eigenvalue weighted by Crippen LogP contribution is -2.24. The molecule has 0 spiro atoms. The number of nitrogens with two attached hydrogens (primary N) is 1. The Balaban J connectivity index is 2.24. The van der Waals surface area contributed by atoms with E-state index in [4.69, 9.17) is 28.9 Å². The van der Waals surface area contributed by atoms with Gasteiger partial charge in [-0.15, -0.1) is 0 Å². The molecule has 1 heterocycles. The second-order valence-corrected chi connectivity index (χ2v) is 5.47. The highest BCUT2D eigenvalue weighted by Gasteiger charge is 2.12. The first-order chi connectivity index (χ1) is 9.60. The second-order valence-electron chi connectivity index (χ2n) is 4.62. The van der Waals surface area contributed by atoms with Crippen LogP contribution >= 0.6 is 23.2 Å². The predicted molar refractivity (Wildman–Crippen MR) is 86.5 cm³/mol. The van der Waals surface area contributed by atoms with E-state index in [2.05, 4.69) is 16.8 Å². The van der Waals surface area contributed by atoms with Crippen molar-refractivity contribution in [1.82, 2.24) is 4.98 Å². The molecule has 1 aromatic carbocycles. The molecular weight excluding hydrogens is 293 g/mol. The first-order valence-corrected chi connectivity index (χ1v) is 7.26. The molecule has 0 saturated heterocycles. The summed E-state index contributed by atoms with van der Waals surface area (Å²) in [6.45, 7) is 3.74. The summed E-state index contributed by atoms with van der Waals surface area (Å²) < 4.78 is 0. The third-order valence-electron chi connectivity index (χ3n) is 2.93. The van der Waals surface area contributed by atoms with E-state index in [1.54, 1.807) is 12.3 Å². The summed E-state index contributed by atoms with van der Waals surface area (Å²) in [7, 11) is 0. The van der Waals surface area contributed by atoms with Crippen molar-refractivity contribution in [2.24, 2.45) is 0 Å². The van der Waals surface area contributed by atoms with Crippen molar-refractivity contribution in [3.63, 3.8) is 0 Å². The lowest BCUT2D eigenvalue weighted by Gasteiger charge is -2.24. The number of halogens is 2. The zero-order chi connectivity index (χ0) is 14.5. The van der Waals surface area contributed by atoms with Crippen LogP contribution < -0.4 is 10.6 Å². The number of rotatable bonds is 5. The van der Waals surface area contributed by atoms with Gasteiger partial charge in [-0.05, 0) is 30.2 Å². The van der Waals surface area contributed by atoms with E-state index in [9.17, 15) is 0 Å². The molecule has 106 valence electrons. The molecule has 0 aliphatic heterocycles. The third kappa shape index (κ3) is 3.78. The van der Waals surface area contributed by atoms with Crippen LogP contribution in [0.25, 0.3) is 0 Å². The lowest BCUT2D eigenvalue weighted by molar-refractivity contribution is 0.755. The topological polar surface area (TPSA) is 42.1 Å². The number of benzene rings is 1. The minimum Gasteiger partial charge on any atom is -0.399 e. The molecule has 5 heteroatoms. The number of hydrogen-bond acceptors (Lipinski definition) is 3. The molecule has 0 saturated carbocycles. The highest BCUT2D eigenvalue weighted by Crippen LogP contribution is 2.27. The Morgan fingerprint density at radius 2 is 1.90 bits per heavy atom. The maximum absolute atomic E-state index is 6.24. The SMILES string of the molecule is CCCN(Cc1ccc(N)cc1)c1ncc(Cl)cc1Cl. The predicted octanol–water partition coefficient (Wildman–Crippen LogP) is 4.39. The lowest BCUT2D eigenvalue weighted by atomic mass is 10.2. The molecule has 2 aromatic rings. The van der Waals surface area contributed by atoms with Gasteiger partial charge in [-0.3, -0.25) is 0 Å². The van der Waals surface area contributed by atoms with Crippen molar-refractivity contribution >= 4 is 34.7 Å². The maximum atomic E-state index is 6.24. The van der Waals surface area contributed by atoms with Gasteiger partial charge < -0.3 is 10.6 Å². The fourth-order valence-electron chi connectivity index (χ4n) is 2.01. The molecular formula is C15H17Cl2N3. The Morgan fingerprint density at radius 1 is 1.20 bits per heavy atom. The van der Waals surface area contributed by atoms with Crippen molar-refractivity contribution in [3.05, 3.63) is 52.1 Å². The first kappa shape index (κ1) is 14.9. The van der Waals surface area contributed by atoms with Crippen LogP contribution in [0, 0.1) is 0 Å². The Morgan fingerprint density at radius 3 is 2.50 bits per heavy atom. The summed E-state index contributed by atoms with van der Waals surface area (Å²) in [6, 6.07) is 9.55. The number of nitrogen functional groups attached to an aromatic ring is 1. The van der Waals surface area contributed by atoms with Crippen LogP contribution in [0.15, 0.2) is 36.5 Å². The van der Waals surface area contributed by atoms with Gasteiger partial charge in [-0.25, -0.2) is 4.98 Å². The largest absolute Gasteiger partial charge is 0.399 e. The van der Waals surface area contributed by atoms with Crippen LogP contribution in [0.3, 0.4) is 0 Å². The molecule has 0 bridgehead atoms. The first-order valence-electron chi connectivity index (χ1n) is 6.50. The molecule has 0 fully saturated rings. The van der Waals surface area contributed by atoms with Crippen molar-refractivity contribution in [2.75, 3.05) is 17.2 Å². The van der Waals surface area contributed by atoms with Gasteiger partial charge in [0.05, 0.1) is 10.0 Å².